The number of hydrogen-bond donors (Lipinski definition) is 2. The summed E-state index contributed by atoms with van der Waals surface area (Å²) in [6.07, 6.45) is 3.67. The van der Waals surface area contributed by atoms with Gasteiger partial charge >= 0.3 is 0 Å². The highest BCUT2D eigenvalue weighted by molar-refractivity contribution is 5.76. The molecule has 0 radical (unpaired) electrons. The molecule has 3 nitrogen and oxygen atoms in total. The van der Waals surface area contributed by atoms with Crippen LogP contribution in [0.5, 0.6) is 0 Å². The Kier molecular flexibility index (Phi) is 3.46. The zero-order chi connectivity index (χ0) is 14.2. The second-order valence-electron chi connectivity index (χ2n) is 5.72. The Morgan fingerprint density at radius 1 is 1.25 bits per heavy atom. The van der Waals surface area contributed by atoms with Gasteiger partial charge in [-0.25, -0.2) is 8.78 Å². The average Bonchev–Trinajstić information content (AvgIpc) is 3.21. The molecule has 0 bridgehead atoms. The largest absolute Gasteiger partial charge is 0.356 e. The molecular weight excluding hydrogens is 262 g/mol. The van der Waals surface area contributed by atoms with Crippen LogP contribution in [0.15, 0.2) is 18.2 Å². The van der Waals surface area contributed by atoms with Gasteiger partial charge in [-0.3, -0.25) is 4.79 Å². The lowest BCUT2D eigenvalue weighted by atomic mass is 10.0. The third-order valence-corrected chi connectivity index (χ3v) is 4.21. The van der Waals surface area contributed by atoms with Gasteiger partial charge in [0.25, 0.3) is 0 Å². The summed E-state index contributed by atoms with van der Waals surface area (Å²) in [6, 6.07) is 3.78. The Morgan fingerprint density at radius 2 is 2.05 bits per heavy atom. The molecule has 0 spiro atoms. The first kappa shape index (κ1) is 13.5. The molecule has 1 aromatic carbocycles. The molecule has 1 aromatic rings. The summed E-state index contributed by atoms with van der Waals surface area (Å²) in [6.45, 7) is 0.637. The van der Waals surface area contributed by atoms with Gasteiger partial charge < -0.3 is 10.6 Å². The van der Waals surface area contributed by atoms with E-state index in [9.17, 15) is 13.6 Å². The lowest BCUT2D eigenvalue weighted by molar-refractivity contribution is -0.120. The molecule has 1 aliphatic carbocycles. The number of halogens is 2. The summed E-state index contributed by atoms with van der Waals surface area (Å²) >= 11 is 0. The maximum Gasteiger partial charge on any atom is 0.220 e. The fraction of sp³-hybridized carbons (Fsp3) is 0.533. The lowest BCUT2D eigenvalue weighted by Gasteiger charge is -2.25. The number of amides is 1. The van der Waals surface area contributed by atoms with Gasteiger partial charge in [-0.05, 0) is 43.9 Å². The first-order valence-corrected chi connectivity index (χ1v) is 7.09. The van der Waals surface area contributed by atoms with E-state index in [2.05, 4.69) is 10.6 Å². The van der Waals surface area contributed by atoms with E-state index in [1.54, 1.807) is 0 Å². The second kappa shape index (κ2) is 5.13. The molecule has 2 fully saturated rings. The molecule has 2 N–H and O–H groups in total. The second-order valence-corrected chi connectivity index (χ2v) is 5.72. The molecule has 20 heavy (non-hydrogen) atoms. The van der Waals surface area contributed by atoms with Gasteiger partial charge in [0.15, 0.2) is 0 Å². The van der Waals surface area contributed by atoms with Gasteiger partial charge in [0.2, 0.25) is 5.91 Å². The van der Waals surface area contributed by atoms with Crippen molar-refractivity contribution in [1.29, 1.82) is 0 Å². The Hall–Kier alpha value is -1.49. The highest BCUT2D eigenvalue weighted by Crippen LogP contribution is 2.47. The van der Waals surface area contributed by atoms with Gasteiger partial charge in [-0.15, -0.1) is 0 Å². The van der Waals surface area contributed by atoms with E-state index in [1.807, 2.05) is 0 Å². The fourth-order valence-corrected chi connectivity index (χ4v) is 2.94. The molecule has 0 unspecified atom stereocenters. The summed E-state index contributed by atoms with van der Waals surface area (Å²) in [5, 5.41) is 6.28. The monoisotopic (exact) mass is 280 g/mol. The predicted octanol–water partition coefficient (Wildman–Crippen LogP) is 2.21. The molecule has 2 aliphatic rings. The standard InChI is InChI=1S/C15H18F2N2O/c16-10-1-3-13(17)12(9-10)15(6-7-15)19-11-2-4-14(20)18-8-5-11/h1,3,9,11,19H,2,4-8H2,(H,18,20)/t11-/m1/s1. The zero-order valence-electron chi connectivity index (χ0n) is 11.2. The minimum absolute atomic E-state index is 0.0658. The highest BCUT2D eigenvalue weighted by atomic mass is 19.1. The van der Waals surface area contributed by atoms with E-state index in [0.29, 0.717) is 18.5 Å². The molecule has 1 aliphatic heterocycles. The van der Waals surface area contributed by atoms with Crippen molar-refractivity contribution in [3.8, 4) is 0 Å². The minimum atomic E-state index is -0.440. The summed E-state index contributed by atoms with van der Waals surface area (Å²) in [4.78, 5) is 11.3. The molecule has 108 valence electrons. The van der Waals surface area contributed by atoms with E-state index in [4.69, 9.17) is 0 Å². The van der Waals surface area contributed by atoms with E-state index < -0.39 is 11.4 Å². The lowest BCUT2D eigenvalue weighted by Crippen LogP contribution is -2.39. The van der Waals surface area contributed by atoms with E-state index in [1.165, 1.54) is 12.1 Å². The van der Waals surface area contributed by atoms with Crippen LogP contribution in [0.25, 0.3) is 0 Å². The normalized spacial score (nSPS) is 24.9. The topological polar surface area (TPSA) is 41.1 Å². The van der Waals surface area contributed by atoms with Crippen molar-refractivity contribution in [2.45, 2.75) is 43.7 Å². The third kappa shape index (κ3) is 2.68. The molecule has 1 amide bonds. The van der Waals surface area contributed by atoms with Crippen molar-refractivity contribution >= 4 is 5.91 Å². The Labute approximate surface area is 116 Å². The third-order valence-electron chi connectivity index (χ3n) is 4.21. The van der Waals surface area contributed by atoms with Gasteiger partial charge in [0.1, 0.15) is 11.6 Å². The summed E-state index contributed by atoms with van der Waals surface area (Å²) in [7, 11) is 0. The molecule has 3 rings (SSSR count). The number of hydrogen-bond acceptors (Lipinski definition) is 2. The number of benzene rings is 1. The van der Waals surface area contributed by atoms with E-state index >= 15 is 0 Å². The Bertz CT molecular complexity index is 529. The summed E-state index contributed by atoms with van der Waals surface area (Å²) < 4.78 is 27.3. The summed E-state index contributed by atoms with van der Waals surface area (Å²) in [5.74, 6) is -0.706. The molecule has 1 saturated heterocycles. The van der Waals surface area contributed by atoms with Gasteiger partial charge in [-0.1, -0.05) is 0 Å². The first-order valence-electron chi connectivity index (χ1n) is 7.09. The quantitative estimate of drug-likeness (QED) is 0.891. The average molecular weight is 280 g/mol. The van der Waals surface area contributed by atoms with Crippen molar-refractivity contribution in [3.05, 3.63) is 35.4 Å². The van der Waals surface area contributed by atoms with Gasteiger partial charge in [0, 0.05) is 30.1 Å². The Morgan fingerprint density at radius 3 is 2.80 bits per heavy atom. The number of nitrogens with one attached hydrogen (secondary N) is 2. The van der Waals surface area contributed by atoms with Crippen LogP contribution in [0, 0.1) is 11.6 Å². The van der Waals surface area contributed by atoms with E-state index in [-0.39, 0.29) is 17.8 Å². The number of carbonyl (C=O) groups excluding carboxylic acids is 1. The fourth-order valence-electron chi connectivity index (χ4n) is 2.94. The predicted molar refractivity (Wildman–Crippen MR) is 71.1 cm³/mol. The minimum Gasteiger partial charge on any atom is -0.356 e. The number of carbonyl (C=O) groups is 1. The van der Waals surface area contributed by atoms with Crippen molar-refractivity contribution in [3.63, 3.8) is 0 Å². The molecule has 5 heteroatoms. The van der Waals surface area contributed by atoms with Crippen LogP contribution in [-0.4, -0.2) is 18.5 Å². The first-order chi connectivity index (χ1) is 9.59. The van der Waals surface area contributed by atoms with Crippen LogP contribution in [0.2, 0.25) is 0 Å². The number of rotatable bonds is 3. The SMILES string of the molecule is O=C1CC[C@@H](NC2(c3cc(F)ccc3F)CC2)CCN1. The Balaban J connectivity index is 1.76. The molecule has 0 aromatic heterocycles. The molecular formula is C15H18F2N2O. The van der Waals surface area contributed by atoms with Crippen molar-refractivity contribution in [2.24, 2.45) is 0 Å². The summed E-state index contributed by atoms with van der Waals surface area (Å²) in [5.41, 5.74) is -0.0226. The van der Waals surface area contributed by atoms with Crippen LogP contribution in [0.4, 0.5) is 8.78 Å². The van der Waals surface area contributed by atoms with Crippen molar-refractivity contribution < 1.29 is 13.6 Å². The zero-order valence-corrected chi connectivity index (χ0v) is 11.2. The van der Waals surface area contributed by atoms with Crippen LogP contribution < -0.4 is 10.6 Å². The molecule has 1 heterocycles. The van der Waals surface area contributed by atoms with Gasteiger partial charge in [-0.2, -0.15) is 0 Å². The van der Waals surface area contributed by atoms with Crippen LogP contribution >= 0.6 is 0 Å². The maximum atomic E-state index is 13.9. The van der Waals surface area contributed by atoms with Crippen LogP contribution in [0.3, 0.4) is 0 Å². The van der Waals surface area contributed by atoms with E-state index in [0.717, 1.165) is 31.7 Å². The van der Waals surface area contributed by atoms with Crippen molar-refractivity contribution in [1.82, 2.24) is 10.6 Å². The molecule has 1 atom stereocenters. The van der Waals surface area contributed by atoms with Crippen LogP contribution in [0.1, 0.15) is 37.7 Å². The maximum absolute atomic E-state index is 13.9. The van der Waals surface area contributed by atoms with Crippen molar-refractivity contribution in [2.75, 3.05) is 6.54 Å². The van der Waals surface area contributed by atoms with Gasteiger partial charge in [0.05, 0.1) is 0 Å². The smallest absolute Gasteiger partial charge is 0.220 e. The molecule has 1 saturated carbocycles. The van der Waals surface area contributed by atoms with Crippen LogP contribution in [-0.2, 0) is 10.3 Å². The highest BCUT2D eigenvalue weighted by Gasteiger charge is 2.47.